The summed E-state index contributed by atoms with van der Waals surface area (Å²) in [4.78, 5) is 14.5. The first kappa shape index (κ1) is 16.5. The highest BCUT2D eigenvalue weighted by Gasteiger charge is 2.29. The zero-order valence-corrected chi connectivity index (χ0v) is 14.1. The number of benzene rings is 2. The van der Waals surface area contributed by atoms with Crippen molar-refractivity contribution in [2.24, 2.45) is 0 Å². The van der Waals surface area contributed by atoms with E-state index in [1.165, 1.54) is 5.56 Å². The van der Waals surface area contributed by atoms with Crippen LogP contribution in [0.4, 0.5) is 0 Å². The van der Waals surface area contributed by atoms with Gasteiger partial charge in [0.2, 0.25) is 0 Å². The van der Waals surface area contributed by atoms with Gasteiger partial charge in [-0.05, 0) is 31.5 Å². The van der Waals surface area contributed by atoms with Crippen LogP contribution in [-0.4, -0.2) is 36.6 Å². The molecule has 3 rings (SSSR count). The predicted molar refractivity (Wildman–Crippen MR) is 93.0 cm³/mol. The van der Waals surface area contributed by atoms with E-state index < -0.39 is 6.10 Å². The number of aryl methyl sites for hydroxylation is 1. The number of nitrogens with zero attached hydrogens (tertiary/aromatic N) is 1. The molecule has 0 radical (unpaired) electrons. The molecular weight excluding hydrogens is 302 g/mol. The molecule has 0 saturated carbocycles. The zero-order chi connectivity index (χ0) is 16.9. The summed E-state index contributed by atoms with van der Waals surface area (Å²) in [6.45, 7) is 5.56. The Labute approximate surface area is 143 Å². The van der Waals surface area contributed by atoms with Crippen molar-refractivity contribution in [2.75, 3.05) is 19.7 Å². The second kappa shape index (κ2) is 7.49. The van der Waals surface area contributed by atoms with Crippen LogP contribution in [0.15, 0.2) is 54.6 Å². The van der Waals surface area contributed by atoms with Gasteiger partial charge in [0.15, 0.2) is 6.10 Å². The number of hydrogen-bond donors (Lipinski definition) is 0. The predicted octanol–water partition coefficient (Wildman–Crippen LogP) is 3.36. The molecule has 1 saturated heterocycles. The summed E-state index contributed by atoms with van der Waals surface area (Å²) in [5.74, 6) is 0.709. The Bertz CT molecular complexity index is 669. The van der Waals surface area contributed by atoms with Gasteiger partial charge in [0.25, 0.3) is 5.91 Å². The van der Waals surface area contributed by atoms with E-state index in [4.69, 9.17) is 9.47 Å². The molecule has 1 aliphatic rings. The molecule has 1 fully saturated rings. The Morgan fingerprint density at radius 1 is 1.17 bits per heavy atom. The SMILES string of the molecule is Cc1ccc(C2CN(C(=O)C(C)Oc3ccccc3)CCO2)cc1. The number of ether oxygens (including phenoxy) is 2. The molecule has 1 aliphatic heterocycles. The quantitative estimate of drug-likeness (QED) is 0.865. The maximum atomic E-state index is 12.7. The molecule has 2 atom stereocenters. The third-order valence-corrected chi connectivity index (χ3v) is 4.23. The van der Waals surface area contributed by atoms with Gasteiger partial charge in [0, 0.05) is 6.54 Å². The highest BCUT2D eigenvalue weighted by Crippen LogP contribution is 2.23. The minimum atomic E-state index is -0.510. The Morgan fingerprint density at radius 3 is 2.58 bits per heavy atom. The van der Waals surface area contributed by atoms with Crippen LogP contribution in [-0.2, 0) is 9.53 Å². The summed E-state index contributed by atoms with van der Waals surface area (Å²) in [6.07, 6.45) is -0.587. The summed E-state index contributed by atoms with van der Waals surface area (Å²) in [5.41, 5.74) is 2.32. The van der Waals surface area contributed by atoms with Gasteiger partial charge in [-0.3, -0.25) is 4.79 Å². The van der Waals surface area contributed by atoms with Crippen molar-refractivity contribution < 1.29 is 14.3 Å². The molecule has 4 nitrogen and oxygen atoms in total. The van der Waals surface area contributed by atoms with Crippen molar-refractivity contribution in [3.8, 4) is 5.75 Å². The number of para-hydroxylation sites is 1. The molecule has 0 N–H and O–H groups in total. The standard InChI is InChI=1S/C20H23NO3/c1-15-8-10-17(11-9-15)19-14-21(12-13-23-19)20(22)16(2)24-18-6-4-3-5-7-18/h3-11,16,19H,12-14H2,1-2H3. The molecule has 1 heterocycles. The average molecular weight is 325 g/mol. The normalized spacial score (nSPS) is 18.9. The molecule has 4 heteroatoms. The first-order chi connectivity index (χ1) is 11.6. The summed E-state index contributed by atoms with van der Waals surface area (Å²) in [5, 5.41) is 0. The zero-order valence-electron chi connectivity index (χ0n) is 14.1. The molecule has 0 aromatic heterocycles. The number of amides is 1. The van der Waals surface area contributed by atoms with E-state index in [1.54, 1.807) is 6.92 Å². The van der Waals surface area contributed by atoms with Crippen molar-refractivity contribution >= 4 is 5.91 Å². The molecular formula is C20H23NO3. The Balaban J connectivity index is 1.63. The van der Waals surface area contributed by atoms with Gasteiger partial charge < -0.3 is 14.4 Å². The van der Waals surface area contributed by atoms with E-state index in [0.717, 1.165) is 5.56 Å². The van der Waals surface area contributed by atoms with Crippen molar-refractivity contribution in [2.45, 2.75) is 26.1 Å². The topological polar surface area (TPSA) is 38.8 Å². The van der Waals surface area contributed by atoms with E-state index in [1.807, 2.05) is 35.2 Å². The van der Waals surface area contributed by atoms with Gasteiger partial charge in [-0.25, -0.2) is 0 Å². The van der Waals surface area contributed by atoms with Crippen LogP contribution < -0.4 is 4.74 Å². The third kappa shape index (κ3) is 3.95. The van der Waals surface area contributed by atoms with Gasteiger partial charge in [0.1, 0.15) is 11.9 Å². The molecule has 0 spiro atoms. The molecule has 24 heavy (non-hydrogen) atoms. The van der Waals surface area contributed by atoms with Crippen LogP contribution in [0.1, 0.15) is 24.2 Å². The molecule has 126 valence electrons. The average Bonchev–Trinajstić information content (AvgIpc) is 2.62. The second-order valence-corrected chi connectivity index (χ2v) is 6.13. The first-order valence-corrected chi connectivity index (χ1v) is 8.32. The number of carbonyl (C=O) groups is 1. The fourth-order valence-corrected chi connectivity index (χ4v) is 2.84. The van der Waals surface area contributed by atoms with Crippen LogP contribution in [0.2, 0.25) is 0 Å². The third-order valence-electron chi connectivity index (χ3n) is 4.23. The first-order valence-electron chi connectivity index (χ1n) is 8.32. The number of hydrogen-bond acceptors (Lipinski definition) is 3. The second-order valence-electron chi connectivity index (χ2n) is 6.13. The van der Waals surface area contributed by atoms with Gasteiger partial charge in [-0.1, -0.05) is 48.0 Å². The maximum absolute atomic E-state index is 12.7. The van der Waals surface area contributed by atoms with Crippen LogP contribution >= 0.6 is 0 Å². The minimum Gasteiger partial charge on any atom is -0.481 e. The van der Waals surface area contributed by atoms with Crippen LogP contribution in [0.3, 0.4) is 0 Å². The van der Waals surface area contributed by atoms with Crippen LogP contribution in [0, 0.1) is 6.92 Å². The van der Waals surface area contributed by atoms with Crippen molar-refractivity contribution in [3.05, 3.63) is 65.7 Å². The molecule has 0 bridgehead atoms. The summed E-state index contributed by atoms with van der Waals surface area (Å²) >= 11 is 0. The van der Waals surface area contributed by atoms with E-state index >= 15 is 0 Å². The van der Waals surface area contributed by atoms with Crippen LogP contribution in [0.5, 0.6) is 5.75 Å². The number of carbonyl (C=O) groups excluding carboxylic acids is 1. The van der Waals surface area contributed by atoms with Crippen molar-refractivity contribution in [3.63, 3.8) is 0 Å². The monoisotopic (exact) mass is 325 g/mol. The Morgan fingerprint density at radius 2 is 1.88 bits per heavy atom. The minimum absolute atomic E-state index is 0.000681. The smallest absolute Gasteiger partial charge is 0.263 e. The van der Waals surface area contributed by atoms with Gasteiger partial charge in [-0.2, -0.15) is 0 Å². The van der Waals surface area contributed by atoms with Gasteiger partial charge >= 0.3 is 0 Å². The van der Waals surface area contributed by atoms with Crippen LogP contribution in [0.25, 0.3) is 0 Å². The number of morpholine rings is 1. The molecule has 2 aromatic rings. The summed E-state index contributed by atoms with van der Waals surface area (Å²) in [7, 11) is 0. The van der Waals surface area contributed by atoms with Crippen molar-refractivity contribution in [1.82, 2.24) is 4.90 Å². The highest BCUT2D eigenvalue weighted by atomic mass is 16.5. The van der Waals surface area contributed by atoms with E-state index in [2.05, 4.69) is 31.2 Å². The highest BCUT2D eigenvalue weighted by molar-refractivity contribution is 5.81. The molecule has 1 amide bonds. The van der Waals surface area contributed by atoms with Gasteiger partial charge in [-0.15, -0.1) is 0 Å². The lowest BCUT2D eigenvalue weighted by Gasteiger charge is -2.34. The summed E-state index contributed by atoms with van der Waals surface area (Å²) in [6, 6.07) is 17.7. The maximum Gasteiger partial charge on any atom is 0.263 e. The lowest BCUT2D eigenvalue weighted by Crippen LogP contribution is -2.47. The van der Waals surface area contributed by atoms with Crippen molar-refractivity contribution in [1.29, 1.82) is 0 Å². The summed E-state index contributed by atoms with van der Waals surface area (Å²) < 4.78 is 11.6. The van der Waals surface area contributed by atoms with E-state index in [9.17, 15) is 4.79 Å². The molecule has 0 aliphatic carbocycles. The molecule has 2 unspecified atom stereocenters. The largest absolute Gasteiger partial charge is 0.481 e. The Kier molecular flexibility index (Phi) is 5.16. The fourth-order valence-electron chi connectivity index (χ4n) is 2.84. The lowest BCUT2D eigenvalue weighted by molar-refractivity contribution is -0.145. The van der Waals surface area contributed by atoms with E-state index in [0.29, 0.717) is 25.4 Å². The number of rotatable bonds is 4. The fraction of sp³-hybridized carbons (Fsp3) is 0.350. The lowest BCUT2D eigenvalue weighted by atomic mass is 10.1. The Hall–Kier alpha value is -2.33. The van der Waals surface area contributed by atoms with E-state index in [-0.39, 0.29) is 12.0 Å². The molecule has 2 aromatic carbocycles. The van der Waals surface area contributed by atoms with Gasteiger partial charge in [0.05, 0.1) is 13.2 Å².